The number of methoxy groups -OCH3 is 1. The van der Waals surface area contributed by atoms with Gasteiger partial charge in [0.2, 0.25) is 0 Å². The quantitative estimate of drug-likeness (QED) is 0.792. The number of carbonyl (C=O) groups is 2. The van der Waals surface area contributed by atoms with Crippen LogP contribution in [0.15, 0.2) is 36.4 Å². The summed E-state index contributed by atoms with van der Waals surface area (Å²) < 4.78 is 5.30. The lowest BCUT2D eigenvalue weighted by Crippen LogP contribution is -2.29. The van der Waals surface area contributed by atoms with Gasteiger partial charge in [-0.25, -0.2) is 0 Å². The third kappa shape index (κ3) is 2.65. The Labute approximate surface area is 137 Å². The molecule has 1 fully saturated rings. The molecule has 2 aliphatic rings. The molecule has 3 rings (SSSR count). The maximum Gasteiger partial charge on any atom is 0.146 e. The number of Topliss-reactive ketones (excluding diaryl/α,β-unsaturated/α-hetero) is 2. The molecule has 0 N–H and O–H groups in total. The Balaban J connectivity index is 1.88. The van der Waals surface area contributed by atoms with Crippen LogP contribution in [0.4, 0.5) is 0 Å². The van der Waals surface area contributed by atoms with Gasteiger partial charge in [0.15, 0.2) is 0 Å². The summed E-state index contributed by atoms with van der Waals surface area (Å²) in [5.41, 5.74) is 3.44. The predicted octanol–water partition coefficient (Wildman–Crippen LogP) is 3.91. The van der Waals surface area contributed by atoms with Crippen LogP contribution in [-0.2, 0) is 16.0 Å². The van der Waals surface area contributed by atoms with Gasteiger partial charge in [0.05, 0.1) is 12.5 Å². The average molecular weight is 310 g/mol. The van der Waals surface area contributed by atoms with E-state index in [9.17, 15) is 9.59 Å². The van der Waals surface area contributed by atoms with Crippen LogP contribution in [0.2, 0.25) is 0 Å². The molecule has 0 spiro atoms. The summed E-state index contributed by atoms with van der Waals surface area (Å²) in [4.78, 5) is 24.3. The molecule has 0 radical (unpaired) electrons. The zero-order chi connectivity index (χ0) is 16.6. The molecule has 0 aliphatic heterocycles. The molecular weight excluding hydrogens is 288 g/mol. The molecule has 120 valence electrons. The van der Waals surface area contributed by atoms with E-state index in [0.717, 1.165) is 35.3 Å². The van der Waals surface area contributed by atoms with Crippen molar-refractivity contribution in [3.05, 3.63) is 47.6 Å². The van der Waals surface area contributed by atoms with Crippen molar-refractivity contribution in [2.75, 3.05) is 7.11 Å². The Kier molecular flexibility index (Phi) is 3.97. The SMILES string of the molecule is C=C(CC1(C)C(=O)CCC1=O)C1=CCCc2cc(OC)ccc21. The second kappa shape index (κ2) is 5.80. The summed E-state index contributed by atoms with van der Waals surface area (Å²) in [5, 5.41) is 0. The van der Waals surface area contributed by atoms with Gasteiger partial charge >= 0.3 is 0 Å². The number of benzene rings is 1. The molecule has 0 amide bonds. The molecule has 1 aromatic rings. The number of ether oxygens (including phenoxy) is 1. The van der Waals surface area contributed by atoms with Crippen LogP contribution < -0.4 is 4.74 Å². The molecule has 2 aliphatic carbocycles. The van der Waals surface area contributed by atoms with E-state index in [0.29, 0.717) is 19.3 Å². The average Bonchev–Trinajstić information content (AvgIpc) is 2.81. The first-order valence-electron chi connectivity index (χ1n) is 8.08. The topological polar surface area (TPSA) is 43.4 Å². The number of hydrogen-bond acceptors (Lipinski definition) is 3. The molecular formula is C20H22O3. The summed E-state index contributed by atoms with van der Waals surface area (Å²) >= 11 is 0. The minimum atomic E-state index is -0.887. The van der Waals surface area contributed by atoms with Crippen LogP contribution in [-0.4, -0.2) is 18.7 Å². The van der Waals surface area contributed by atoms with Crippen molar-refractivity contribution >= 4 is 17.1 Å². The largest absolute Gasteiger partial charge is 0.497 e. The molecule has 1 aromatic carbocycles. The molecule has 0 bridgehead atoms. The highest BCUT2D eigenvalue weighted by Crippen LogP contribution is 2.42. The third-order valence-corrected chi connectivity index (χ3v) is 5.12. The number of rotatable bonds is 4. The second-order valence-corrected chi connectivity index (χ2v) is 6.64. The molecule has 0 unspecified atom stereocenters. The van der Waals surface area contributed by atoms with Crippen LogP contribution in [0.1, 0.15) is 43.7 Å². The van der Waals surface area contributed by atoms with Gasteiger partial charge in [-0.2, -0.15) is 0 Å². The third-order valence-electron chi connectivity index (χ3n) is 5.12. The fourth-order valence-electron chi connectivity index (χ4n) is 3.64. The van der Waals surface area contributed by atoms with Crippen molar-refractivity contribution in [1.82, 2.24) is 0 Å². The molecule has 0 atom stereocenters. The number of ketones is 2. The summed E-state index contributed by atoms with van der Waals surface area (Å²) in [6.07, 6.45) is 5.24. The second-order valence-electron chi connectivity index (χ2n) is 6.64. The minimum Gasteiger partial charge on any atom is -0.497 e. The Morgan fingerprint density at radius 2 is 1.91 bits per heavy atom. The number of aryl methyl sites for hydroxylation is 1. The van der Waals surface area contributed by atoms with Crippen LogP contribution in [0.3, 0.4) is 0 Å². The zero-order valence-electron chi connectivity index (χ0n) is 13.8. The van der Waals surface area contributed by atoms with Gasteiger partial charge in [-0.1, -0.05) is 18.7 Å². The molecule has 23 heavy (non-hydrogen) atoms. The lowest BCUT2D eigenvalue weighted by Gasteiger charge is -2.25. The lowest BCUT2D eigenvalue weighted by atomic mass is 9.76. The van der Waals surface area contributed by atoms with E-state index < -0.39 is 5.41 Å². The first-order valence-corrected chi connectivity index (χ1v) is 8.08. The van der Waals surface area contributed by atoms with Crippen LogP contribution in [0, 0.1) is 5.41 Å². The van der Waals surface area contributed by atoms with E-state index in [1.54, 1.807) is 14.0 Å². The van der Waals surface area contributed by atoms with Crippen molar-refractivity contribution in [3.63, 3.8) is 0 Å². The minimum absolute atomic E-state index is 0.0509. The van der Waals surface area contributed by atoms with Gasteiger partial charge in [-0.15, -0.1) is 0 Å². The fourth-order valence-corrected chi connectivity index (χ4v) is 3.64. The smallest absolute Gasteiger partial charge is 0.146 e. The zero-order valence-corrected chi connectivity index (χ0v) is 13.8. The van der Waals surface area contributed by atoms with E-state index in [1.165, 1.54) is 5.56 Å². The fraction of sp³-hybridized carbons (Fsp3) is 0.400. The van der Waals surface area contributed by atoms with E-state index >= 15 is 0 Å². The Hall–Kier alpha value is -2.16. The summed E-state index contributed by atoms with van der Waals surface area (Å²) in [5.74, 6) is 0.953. The molecule has 0 saturated heterocycles. The van der Waals surface area contributed by atoms with Crippen molar-refractivity contribution in [3.8, 4) is 5.75 Å². The van der Waals surface area contributed by atoms with Crippen molar-refractivity contribution in [1.29, 1.82) is 0 Å². The molecule has 0 aromatic heterocycles. The molecule has 3 heteroatoms. The first-order chi connectivity index (χ1) is 11.0. The van der Waals surface area contributed by atoms with Gasteiger partial charge in [0.25, 0.3) is 0 Å². The van der Waals surface area contributed by atoms with Gasteiger partial charge in [-0.05, 0) is 60.6 Å². The molecule has 1 saturated carbocycles. The van der Waals surface area contributed by atoms with E-state index in [1.807, 2.05) is 12.1 Å². The summed E-state index contributed by atoms with van der Waals surface area (Å²) in [6, 6.07) is 6.05. The van der Waals surface area contributed by atoms with Crippen molar-refractivity contribution in [2.45, 2.75) is 39.0 Å². The van der Waals surface area contributed by atoms with Gasteiger partial charge < -0.3 is 4.74 Å². The number of carbonyl (C=O) groups excluding carboxylic acids is 2. The number of hydrogen-bond donors (Lipinski definition) is 0. The van der Waals surface area contributed by atoms with Gasteiger partial charge in [0.1, 0.15) is 17.3 Å². The van der Waals surface area contributed by atoms with Crippen LogP contribution in [0.5, 0.6) is 5.75 Å². The van der Waals surface area contributed by atoms with Crippen LogP contribution >= 0.6 is 0 Å². The maximum absolute atomic E-state index is 12.2. The number of allylic oxidation sites excluding steroid dienone is 3. The van der Waals surface area contributed by atoms with Crippen LogP contribution in [0.25, 0.3) is 5.57 Å². The van der Waals surface area contributed by atoms with E-state index in [-0.39, 0.29) is 11.6 Å². The number of fused-ring (bicyclic) bond motifs is 1. The summed E-state index contributed by atoms with van der Waals surface area (Å²) in [7, 11) is 1.67. The van der Waals surface area contributed by atoms with Crippen molar-refractivity contribution < 1.29 is 14.3 Å². The Morgan fingerprint density at radius 1 is 1.22 bits per heavy atom. The molecule has 0 heterocycles. The standard InChI is InChI=1S/C20H22O3/c1-13(12-20(2)18(21)9-10-19(20)22)16-6-4-5-14-11-15(23-3)7-8-17(14)16/h6-8,11H,1,4-5,9-10,12H2,2-3H3. The van der Waals surface area contributed by atoms with E-state index in [2.05, 4.69) is 18.7 Å². The highest BCUT2D eigenvalue weighted by atomic mass is 16.5. The highest BCUT2D eigenvalue weighted by molar-refractivity contribution is 6.13. The van der Waals surface area contributed by atoms with Gasteiger partial charge in [0, 0.05) is 12.8 Å². The predicted molar refractivity (Wildman–Crippen MR) is 90.4 cm³/mol. The monoisotopic (exact) mass is 310 g/mol. The normalized spacial score (nSPS) is 19.3. The van der Waals surface area contributed by atoms with Crippen molar-refractivity contribution in [2.24, 2.45) is 5.41 Å². The van der Waals surface area contributed by atoms with E-state index in [4.69, 9.17) is 4.74 Å². The maximum atomic E-state index is 12.2. The lowest BCUT2D eigenvalue weighted by molar-refractivity contribution is -0.133. The Morgan fingerprint density at radius 3 is 2.57 bits per heavy atom. The molecule has 3 nitrogen and oxygen atoms in total. The van der Waals surface area contributed by atoms with Gasteiger partial charge in [-0.3, -0.25) is 9.59 Å². The Bertz CT molecular complexity index is 708. The summed E-state index contributed by atoms with van der Waals surface area (Å²) in [6.45, 7) is 5.97. The highest BCUT2D eigenvalue weighted by Gasteiger charge is 2.45. The first kappa shape index (κ1) is 15.7.